The molecule has 0 aliphatic rings. The predicted octanol–water partition coefficient (Wildman–Crippen LogP) is 1.77. The molecule has 0 aliphatic heterocycles. The predicted molar refractivity (Wildman–Crippen MR) is 142 cm³/mol. The molecule has 38 heavy (non-hydrogen) atoms. The fraction of sp³-hybridized carbons (Fsp3) is 0.296. The maximum atomic E-state index is 12.5. The smallest absolute Gasteiger partial charge is 0.332 e. The number of aromatic nitrogens is 4. The van der Waals surface area contributed by atoms with Crippen LogP contribution in [0.2, 0.25) is 0 Å². The fourth-order valence-corrected chi connectivity index (χ4v) is 3.88. The summed E-state index contributed by atoms with van der Waals surface area (Å²) in [5, 5.41) is 0. The Bertz CT molecular complexity index is 1610. The normalized spacial score (nSPS) is 11.4. The minimum Gasteiger partial charge on any atom is -0.489 e. The first kappa shape index (κ1) is 26.4. The number of carbonyl (C=O) groups excluding carboxylic acids is 2. The number of fused-ring (bicyclic) bond motifs is 1. The number of nitrogens with one attached hydrogen (secondary N) is 2. The van der Waals surface area contributed by atoms with Gasteiger partial charge in [-0.25, -0.2) is 9.78 Å². The molecule has 0 bridgehead atoms. The van der Waals surface area contributed by atoms with E-state index < -0.39 is 23.1 Å². The van der Waals surface area contributed by atoms with Crippen LogP contribution in [0.5, 0.6) is 5.75 Å². The number of hydrazine groups is 1. The molecule has 11 heteroatoms. The number of nitrogens with zero attached hydrogens (tertiary/aromatic N) is 4. The molecule has 0 saturated heterocycles. The number of imidazole rings is 1. The molecule has 198 valence electrons. The van der Waals surface area contributed by atoms with E-state index in [0.717, 1.165) is 15.9 Å². The molecule has 2 amide bonds. The first-order chi connectivity index (χ1) is 18.0. The quantitative estimate of drug-likeness (QED) is 0.375. The summed E-state index contributed by atoms with van der Waals surface area (Å²) >= 11 is 0. The molecule has 4 rings (SSSR count). The van der Waals surface area contributed by atoms with Gasteiger partial charge in [-0.1, -0.05) is 45.0 Å². The van der Waals surface area contributed by atoms with E-state index in [9.17, 15) is 19.2 Å². The SMILES string of the molecule is Cn1c(=O)c2c(ncn2CC(=O)NNC(=O)c2ccc(COc3ccc(C(C)(C)C)cc3)cc2)n(C)c1=O. The number of hydrogen-bond donors (Lipinski definition) is 2. The van der Waals surface area contributed by atoms with Crippen molar-refractivity contribution in [3.63, 3.8) is 0 Å². The molecule has 0 fully saturated rings. The molecule has 0 atom stereocenters. The number of ether oxygens (including phenoxy) is 1. The molecule has 2 aromatic heterocycles. The zero-order valence-corrected chi connectivity index (χ0v) is 21.9. The van der Waals surface area contributed by atoms with Gasteiger partial charge in [0.1, 0.15) is 18.9 Å². The zero-order valence-electron chi connectivity index (χ0n) is 21.9. The molecular formula is C27H30N6O5. The van der Waals surface area contributed by atoms with Crippen molar-refractivity contribution >= 4 is 23.0 Å². The topological polar surface area (TPSA) is 129 Å². The Hall–Kier alpha value is -4.67. The summed E-state index contributed by atoms with van der Waals surface area (Å²) in [4.78, 5) is 53.5. The van der Waals surface area contributed by atoms with Crippen molar-refractivity contribution in [3.05, 3.63) is 92.4 Å². The van der Waals surface area contributed by atoms with Crippen molar-refractivity contribution in [1.29, 1.82) is 0 Å². The summed E-state index contributed by atoms with van der Waals surface area (Å²) in [6.07, 6.45) is 1.30. The van der Waals surface area contributed by atoms with E-state index in [-0.39, 0.29) is 23.1 Å². The Balaban J connectivity index is 1.31. The molecule has 0 unspecified atom stereocenters. The van der Waals surface area contributed by atoms with Crippen molar-refractivity contribution in [2.45, 2.75) is 39.3 Å². The van der Waals surface area contributed by atoms with Crippen LogP contribution < -0.4 is 26.8 Å². The monoisotopic (exact) mass is 518 g/mol. The standard InChI is InChI=1S/C27H30N6O5/c1-27(2,3)19-10-12-20(13-11-19)38-15-17-6-8-18(9-7-17)24(35)30-29-21(34)14-33-16-28-23-22(33)25(36)32(5)26(37)31(23)4/h6-13,16H,14-15H2,1-5H3,(H,29,34)(H,30,35). The second-order valence-corrected chi connectivity index (χ2v) is 10.0. The van der Waals surface area contributed by atoms with Crippen LogP contribution in [0.3, 0.4) is 0 Å². The highest BCUT2D eigenvalue weighted by Gasteiger charge is 2.17. The van der Waals surface area contributed by atoms with Crippen LogP contribution in [0, 0.1) is 0 Å². The van der Waals surface area contributed by atoms with Crippen LogP contribution in [-0.4, -0.2) is 30.5 Å². The molecule has 2 aromatic carbocycles. The van der Waals surface area contributed by atoms with Crippen molar-refractivity contribution in [2.75, 3.05) is 0 Å². The van der Waals surface area contributed by atoms with E-state index in [1.54, 1.807) is 24.3 Å². The van der Waals surface area contributed by atoms with Gasteiger partial charge >= 0.3 is 5.69 Å². The average Bonchev–Trinajstić information content (AvgIpc) is 3.31. The molecule has 0 aliphatic carbocycles. The highest BCUT2D eigenvalue weighted by atomic mass is 16.5. The van der Waals surface area contributed by atoms with E-state index in [4.69, 9.17) is 4.74 Å². The van der Waals surface area contributed by atoms with Gasteiger partial charge in [-0.05, 0) is 40.8 Å². The number of hydrogen-bond acceptors (Lipinski definition) is 6. The first-order valence-electron chi connectivity index (χ1n) is 12.0. The molecule has 2 N–H and O–H groups in total. The van der Waals surface area contributed by atoms with Gasteiger partial charge in [-0.15, -0.1) is 0 Å². The number of aryl methyl sites for hydroxylation is 1. The Kier molecular flexibility index (Phi) is 7.20. The lowest BCUT2D eigenvalue weighted by Gasteiger charge is -2.19. The van der Waals surface area contributed by atoms with Crippen LogP contribution in [0.25, 0.3) is 11.2 Å². The first-order valence-corrected chi connectivity index (χ1v) is 12.0. The molecule has 0 saturated carbocycles. The molecule has 2 heterocycles. The molecule has 4 aromatic rings. The third-order valence-electron chi connectivity index (χ3n) is 6.19. The molecule has 11 nitrogen and oxygen atoms in total. The second-order valence-electron chi connectivity index (χ2n) is 10.0. The minimum absolute atomic E-state index is 0.0715. The van der Waals surface area contributed by atoms with E-state index in [1.807, 2.05) is 24.3 Å². The van der Waals surface area contributed by atoms with Crippen LogP contribution in [0.4, 0.5) is 0 Å². The summed E-state index contributed by atoms with van der Waals surface area (Å²) in [6, 6.07) is 14.8. The highest BCUT2D eigenvalue weighted by molar-refractivity contribution is 5.95. The van der Waals surface area contributed by atoms with Gasteiger partial charge < -0.3 is 9.30 Å². The number of amides is 2. The maximum Gasteiger partial charge on any atom is 0.332 e. The summed E-state index contributed by atoms with van der Waals surface area (Å²) in [5.41, 5.74) is 6.41. The Morgan fingerprint density at radius 1 is 0.921 bits per heavy atom. The Labute approximate surface area is 218 Å². The lowest BCUT2D eigenvalue weighted by Crippen LogP contribution is -2.43. The second kappa shape index (κ2) is 10.4. The van der Waals surface area contributed by atoms with Gasteiger partial charge in [0, 0.05) is 19.7 Å². The number of benzene rings is 2. The summed E-state index contributed by atoms with van der Waals surface area (Å²) in [6.45, 7) is 6.53. The molecule has 0 radical (unpaired) electrons. The van der Waals surface area contributed by atoms with Gasteiger partial charge in [0.25, 0.3) is 17.4 Å². The van der Waals surface area contributed by atoms with Crippen LogP contribution in [0.15, 0.2) is 64.4 Å². The van der Waals surface area contributed by atoms with Gasteiger partial charge in [0.15, 0.2) is 11.2 Å². The van der Waals surface area contributed by atoms with Gasteiger partial charge in [0.2, 0.25) is 0 Å². The zero-order chi connectivity index (χ0) is 27.6. The van der Waals surface area contributed by atoms with Crippen molar-refractivity contribution < 1.29 is 14.3 Å². The van der Waals surface area contributed by atoms with E-state index in [1.165, 1.54) is 35.1 Å². The van der Waals surface area contributed by atoms with Crippen molar-refractivity contribution in [1.82, 2.24) is 29.5 Å². The van der Waals surface area contributed by atoms with E-state index in [0.29, 0.717) is 12.2 Å². The van der Waals surface area contributed by atoms with E-state index in [2.05, 4.69) is 36.6 Å². The third-order valence-corrected chi connectivity index (χ3v) is 6.19. The number of carbonyl (C=O) groups is 2. The Morgan fingerprint density at radius 2 is 1.58 bits per heavy atom. The van der Waals surface area contributed by atoms with Gasteiger partial charge in [0.05, 0.1) is 6.33 Å². The highest BCUT2D eigenvalue weighted by Crippen LogP contribution is 2.24. The summed E-state index contributed by atoms with van der Waals surface area (Å²) in [5.74, 6) is -0.318. The maximum absolute atomic E-state index is 12.5. The molecule has 0 spiro atoms. The average molecular weight is 519 g/mol. The Morgan fingerprint density at radius 3 is 2.21 bits per heavy atom. The van der Waals surface area contributed by atoms with Crippen LogP contribution in [0.1, 0.15) is 42.3 Å². The van der Waals surface area contributed by atoms with E-state index >= 15 is 0 Å². The minimum atomic E-state index is -0.573. The largest absolute Gasteiger partial charge is 0.489 e. The lowest BCUT2D eigenvalue weighted by atomic mass is 9.87. The van der Waals surface area contributed by atoms with Crippen molar-refractivity contribution in [3.8, 4) is 5.75 Å². The number of rotatable bonds is 6. The third kappa shape index (κ3) is 5.51. The van der Waals surface area contributed by atoms with Crippen molar-refractivity contribution in [2.24, 2.45) is 14.1 Å². The van der Waals surface area contributed by atoms with Gasteiger partial charge in [-0.2, -0.15) is 0 Å². The molecular weight excluding hydrogens is 488 g/mol. The fourth-order valence-electron chi connectivity index (χ4n) is 3.88. The lowest BCUT2D eigenvalue weighted by molar-refractivity contribution is -0.122. The summed E-state index contributed by atoms with van der Waals surface area (Å²) in [7, 11) is 2.84. The van der Waals surface area contributed by atoms with Crippen LogP contribution >= 0.6 is 0 Å². The summed E-state index contributed by atoms with van der Waals surface area (Å²) < 4.78 is 9.33. The van der Waals surface area contributed by atoms with Gasteiger partial charge in [-0.3, -0.25) is 34.4 Å². The van der Waals surface area contributed by atoms with Crippen LogP contribution in [-0.2, 0) is 37.5 Å².